The molecule has 1 aromatic rings. The largest absolute Gasteiger partial charge is 0.481 e. The second-order valence-corrected chi connectivity index (χ2v) is 4.27. The van der Waals surface area contributed by atoms with Crippen molar-refractivity contribution in [1.29, 1.82) is 0 Å². The van der Waals surface area contributed by atoms with E-state index < -0.39 is 23.9 Å². The van der Waals surface area contributed by atoms with Gasteiger partial charge in [-0.3, -0.25) is 9.59 Å². The van der Waals surface area contributed by atoms with Gasteiger partial charge in [-0.2, -0.15) is 4.39 Å². The first kappa shape index (κ1) is 14.1. The minimum atomic E-state index is -0.999. The molecule has 0 fully saturated rings. The summed E-state index contributed by atoms with van der Waals surface area (Å²) in [6.45, 7) is 3.60. The first-order chi connectivity index (χ1) is 8.40. The molecule has 1 rings (SSSR count). The van der Waals surface area contributed by atoms with Crippen LogP contribution in [0.15, 0.2) is 18.2 Å². The number of aromatic nitrogens is 1. The zero-order chi connectivity index (χ0) is 13.7. The minimum absolute atomic E-state index is 0.0430. The predicted octanol–water partition coefficient (Wildman–Crippen LogP) is 1.45. The number of carbonyl (C=O) groups is 2. The molecule has 1 amide bonds. The first-order valence-electron chi connectivity index (χ1n) is 5.55. The normalized spacial score (nSPS) is 12.2. The fraction of sp³-hybridized carbons (Fsp3) is 0.417. The number of halogens is 1. The van der Waals surface area contributed by atoms with E-state index in [1.807, 2.05) is 0 Å². The van der Waals surface area contributed by atoms with Gasteiger partial charge in [0.05, 0.1) is 6.42 Å². The van der Waals surface area contributed by atoms with Crippen molar-refractivity contribution < 1.29 is 19.1 Å². The van der Waals surface area contributed by atoms with Crippen LogP contribution in [-0.2, 0) is 4.79 Å². The van der Waals surface area contributed by atoms with Crippen molar-refractivity contribution >= 4 is 11.9 Å². The molecule has 0 bridgehead atoms. The Kier molecular flexibility index (Phi) is 4.76. The van der Waals surface area contributed by atoms with Crippen LogP contribution in [-0.4, -0.2) is 28.0 Å². The van der Waals surface area contributed by atoms with Gasteiger partial charge < -0.3 is 10.4 Å². The number of hydrogen-bond donors (Lipinski definition) is 2. The number of aliphatic carboxylic acids is 1. The number of carboxylic acids is 1. The quantitative estimate of drug-likeness (QED) is 0.779. The lowest BCUT2D eigenvalue weighted by Gasteiger charge is -2.20. The lowest BCUT2D eigenvalue weighted by atomic mass is 10.0. The summed E-state index contributed by atoms with van der Waals surface area (Å²) in [6, 6.07) is 3.36. The highest BCUT2D eigenvalue weighted by Crippen LogP contribution is 2.07. The van der Waals surface area contributed by atoms with Gasteiger partial charge in [0.2, 0.25) is 5.95 Å². The Bertz CT molecular complexity index is 449. The molecule has 98 valence electrons. The highest BCUT2D eigenvalue weighted by Gasteiger charge is 2.20. The number of amides is 1. The SMILES string of the molecule is CC(C)C(CC(=O)O)NC(=O)c1cccc(F)n1. The minimum Gasteiger partial charge on any atom is -0.481 e. The van der Waals surface area contributed by atoms with Gasteiger partial charge in [0.25, 0.3) is 5.91 Å². The van der Waals surface area contributed by atoms with Gasteiger partial charge in [0.1, 0.15) is 5.69 Å². The van der Waals surface area contributed by atoms with Crippen LogP contribution in [0.4, 0.5) is 4.39 Å². The number of hydrogen-bond acceptors (Lipinski definition) is 3. The third-order valence-electron chi connectivity index (χ3n) is 2.46. The monoisotopic (exact) mass is 254 g/mol. The van der Waals surface area contributed by atoms with Gasteiger partial charge in [0.15, 0.2) is 0 Å². The van der Waals surface area contributed by atoms with E-state index in [-0.39, 0.29) is 18.0 Å². The maximum absolute atomic E-state index is 12.8. The van der Waals surface area contributed by atoms with Crippen LogP contribution < -0.4 is 5.32 Å². The lowest BCUT2D eigenvalue weighted by Crippen LogP contribution is -2.40. The summed E-state index contributed by atoms with van der Waals surface area (Å²) in [5.41, 5.74) is -0.0639. The van der Waals surface area contributed by atoms with Crippen molar-refractivity contribution in [1.82, 2.24) is 10.3 Å². The Morgan fingerprint density at radius 1 is 1.44 bits per heavy atom. The predicted molar refractivity (Wildman–Crippen MR) is 62.5 cm³/mol. The van der Waals surface area contributed by atoms with Crippen LogP contribution in [0.5, 0.6) is 0 Å². The third kappa shape index (κ3) is 4.12. The molecule has 0 saturated carbocycles. The van der Waals surface area contributed by atoms with E-state index in [1.54, 1.807) is 13.8 Å². The second kappa shape index (κ2) is 6.09. The number of carbonyl (C=O) groups excluding carboxylic acids is 1. The van der Waals surface area contributed by atoms with Crippen LogP contribution >= 0.6 is 0 Å². The Labute approximate surface area is 104 Å². The van der Waals surface area contributed by atoms with Crippen LogP contribution in [0.25, 0.3) is 0 Å². The zero-order valence-electron chi connectivity index (χ0n) is 10.2. The molecular formula is C12H15FN2O3. The number of rotatable bonds is 5. The number of nitrogens with one attached hydrogen (secondary N) is 1. The van der Waals surface area contributed by atoms with Crippen molar-refractivity contribution in [2.75, 3.05) is 0 Å². The van der Waals surface area contributed by atoms with E-state index in [4.69, 9.17) is 5.11 Å². The lowest BCUT2D eigenvalue weighted by molar-refractivity contribution is -0.137. The molecule has 0 saturated heterocycles. The topological polar surface area (TPSA) is 79.3 Å². The number of pyridine rings is 1. The molecule has 0 aliphatic carbocycles. The molecular weight excluding hydrogens is 239 g/mol. The van der Waals surface area contributed by atoms with E-state index in [0.29, 0.717) is 0 Å². The van der Waals surface area contributed by atoms with Gasteiger partial charge in [-0.15, -0.1) is 0 Å². The fourth-order valence-electron chi connectivity index (χ4n) is 1.42. The highest BCUT2D eigenvalue weighted by molar-refractivity contribution is 5.92. The van der Waals surface area contributed by atoms with E-state index in [9.17, 15) is 14.0 Å². The molecule has 2 N–H and O–H groups in total. The molecule has 0 aliphatic heterocycles. The molecule has 0 spiro atoms. The molecule has 18 heavy (non-hydrogen) atoms. The number of carboxylic acid groups (broad SMARTS) is 1. The summed E-state index contributed by atoms with van der Waals surface area (Å²) < 4.78 is 12.8. The standard InChI is InChI=1S/C12H15FN2O3/c1-7(2)9(6-11(16)17)15-12(18)8-4-3-5-10(13)14-8/h3-5,7,9H,6H2,1-2H3,(H,15,18)(H,16,17). The van der Waals surface area contributed by atoms with E-state index in [0.717, 1.165) is 6.07 Å². The fourth-order valence-corrected chi connectivity index (χ4v) is 1.42. The van der Waals surface area contributed by atoms with Gasteiger partial charge in [0, 0.05) is 6.04 Å². The van der Waals surface area contributed by atoms with Crippen LogP contribution in [0.2, 0.25) is 0 Å². The van der Waals surface area contributed by atoms with Gasteiger partial charge in [-0.1, -0.05) is 19.9 Å². The summed E-state index contributed by atoms with van der Waals surface area (Å²) >= 11 is 0. The third-order valence-corrected chi connectivity index (χ3v) is 2.46. The molecule has 1 unspecified atom stereocenters. The van der Waals surface area contributed by atoms with Crippen molar-refractivity contribution in [3.05, 3.63) is 29.8 Å². The molecule has 1 heterocycles. The molecule has 1 atom stereocenters. The maximum atomic E-state index is 12.8. The Morgan fingerprint density at radius 3 is 2.61 bits per heavy atom. The van der Waals surface area contributed by atoms with E-state index in [1.165, 1.54) is 12.1 Å². The van der Waals surface area contributed by atoms with Crippen molar-refractivity contribution in [2.24, 2.45) is 5.92 Å². The molecule has 6 heteroatoms. The van der Waals surface area contributed by atoms with E-state index >= 15 is 0 Å². The summed E-state index contributed by atoms with van der Waals surface area (Å²) in [4.78, 5) is 25.9. The molecule has 0 aliphatic rings. The van der Waals surface area contributed by atoms with Crippen LogP contribution in [0, 0.1) is 11.9 Å². The second-order valence-electron chi connectivity index (χ2n) is 4.27. The molecule has 0 aromatic carbocycles. The van der Waals surface area contributed by atoms with Gasteiger partial charge in [-0.25, -0.2) is 4.98 Å². The average Bonchev–Trinajstić information content (AvgIpc) is 2.27. The average molecular weight is 254 g/mol. The van der Waals surface area contributed by atoms with Crippen molar-refractivity contribution in [3.63, 3.8) is 0 Å². The van der Waals surface area contributed by atoms with Gasteiger partial charge in [-0.05, 0) is 18.1 Å². The molecule has 5 nitrogen and oxygen atoms in total. The highest BCUT2D eigenvalue weighted by atomic mass is 19.1. The summed E-state index contributed by atoms with van der Waals surface area (Å²) in [5, 5.41) is 11.3. The van der Waals surface area contributed by atoms with Crippen LogP contribution in [0.3, 0.4) is 0 Å². The Balaban J connectivity index is 2.75. The zero-order valence-corrected chi connectivity index (χ0v) is 10.2. The smallest absolute Gasteiger partial charge is 0.305 e. The summed E-state index contributed by atoms with van der Waals surface area (Å²) in [5.74, 6) is -2.36. The Morgan fingerprint density at radius 2 is 2.11 bits per heavy atom. The van der Waals surface area contributed by atoms with Crippen molar-refractivity contribution in [3.8, 4) is 0 Å². The number of nitrogens with zero attached hydrogens (tertiary/aromatic N) is 1. The molecule has 1 aromatic heterocycles. The Hall–Kier alpha value is -1.98. The molecule has 0 radical (unpaired) electrons. The van der Waals surface area contributed by atoms with Gasteiger partial charge >= 0.3 is 5.97 Å². The van der Waals surface area contributed by atoms with Crippen LogP contribution in [0.1, 0.15) is 30.8 Å². The first-order valence-corrected chi connectivity index (χ1v) is 5.55. The van der Waals surface area contributed by atoms with E-state index in [2.05, 4.69) is 10.3 Å². The summed E-state index contributed by atoms with van der Waals surface area (Å²) in [6.07, 6.45) is -0.182. The maximum Gasteiger partial charge on any atom is 0.305 e. The van der Waals surface area contributed by atoms with Crippen molar-refractivity contribution in [2.45, 2.75) is 26.3 Å². The summed E-state index contributed by atoms with van der Waals surface area (Å²) in [7, 11) is 0.